The number of hydrogen-bond acceptors (Lipinski definition) is 12. The summed E-state index contributed by atoms with van der Waals surface area (Å²) in [5.41, 5.74) is 5.27. The summed E-state index contributed by atoms with van der Waals surface area (Å²) in [7, 11) is 2.03. The first kappa shape index (κ1) is 65.0. The summed E-state index contributed by atoms with van der Waals surface area (Å²) in [6, 6.07) is 20.9. The van der Waals surface area contributed by atoms with E-state index in [0.717, 1.165) is 135 Å². The molecular formula is C65H86F3N11O6S. The van der Waals surface area contributed by atoms with Crippen molar-refractivity contribution in [3.63, 3.8) is 0 Å². The number of hydrogen-bond donors (Lipinski definition) is 5. The van der Waals surface area contributed by atoms with Gasteiger partial charge in [-0.3, -0.25) is 38.6 Å². The molecule has 3 fully saturated rings. The zero-order valence-electron chi connectivity index (χ0n) is 50.8. The number of benzene rings is 3. The van der Waals surface area contributed by atoms with Crippen LogP contribution >= 0.6 is 11.3 Å². The molecular weight excluding hydrogens is 1120 g/mol. The van der Waals surface area contributed by atoms with Gasteiger partial charge in [-0.25, -0.2) is 4.98 Å². The van der Waals surface area contributed by atoms with Crippen molar-refractivity contribution in [1.29, 1.82) is 0 Å². The van der Waals surface area contributed by atoms with Crippen LogP contribution in [0.15, 0.2) is 89.3 Å². The second-order valence-corrected chi connectivity index (χ2v) is 25.5. The topological polar surface area (TPSA) is 195 Å². The highest BCUT2D eigenvalue weighted by Gasteiger charge is 2.44. The largest absolute Gasteiger partial charge is 0.417 e. The van der Waals surface area contributed by atoms with Crippen LogP contribution in [0.2, 0.25) is 0 Å². The molecule has 0 radical (unpaired) electrons. The molecule has 3 aliphatic rings. The number of likely N-dealkylation sites (N-methyl/N-ethyl adjacent to an activating group) is 1. The van der Waals surface area contributed by atoms with E-state index in [9.17, 15) is 41.9 Å². The number of H-pyrrole nitrogens is 1. The van der Waals surface area contributed by atoms with Crippen molar-refractivity contribution < 1.29 is 37.1 Å². The smallest absolute Gasteiger partial charge is 0.367 e. The number of anilines is 2. The molecule has 0 aliphatic carbocycles. The van der Waals surface area contributed by atoms with Crippen molar-refractivity contribution in [3.8, 4) is 21.6 Å². The molecule has 21 heteroatoms. The number of amides is 5. The average molecular weight is 1210 g/mol. The van der Waals surface area contributed by atoms with E-state index in [1.807, 2.05) is 95.7 Å². The summed E-state index contributed by atoms with van der Waals surface area (Å²) in [6.45, 7) is 19.1. The van der Waals surface area contributed by atoms with Crippen LogP contribution in [0, 0.1) is 18.3 Å². The van der Waals surface area contributed by atoms with E-state index in [0.29, 0.717) is 75.8 Å². The first-order valence-corrected chi connectivity index (χ1v) is 31.3. The van der Waals surface area contributed by atoms with Gasteiger partial charge in [0.15, 0.2) is 0 Å². The van der Waals surface area contributed by atoms with Crippen LogP contribution in [0.1, 0.15) is 125 Å². The standard InChI is InChI=1S/C65H86F3N11O6S/c1-44-35-55(62(84)71-39-46-19-21-48(22-20-46)59-45(2)72-43-86-59)79(41-44)63(85)60(64(3,4)5)74-57(81)18-13-11-9-7-8-10-12-17-56(80)69-25-26-76-29-31-77(32-30-76)42-47-15-14-16-49(36-47)50-23-24-54(78-33-27-75(6)28-34-78)53(37-50)73-61(83)51-40-70-58(82)38-52(51)65(66,67)68/h14-16,19-24,36-38,40,43-44,55,60H,7-13,17-18,25-35,39,41-42H2,1-6H3,(H,69,80)(H,70,82)(H,71,84)(H,73,83)(H,74,81)/t44-,55+,60-/m1/s1. The maximum Gasteiger partial charge on any atom is 0.417 e. The SMILES string of the molecule is Cc1ncsc1-c1ccc(CNC(=O)[C@@H]2C[C@@H](C)CN2C(=O)[C@@H](NC(=O)CCCCCCCCCC(=O)NCCN2CCN(Cc3cccc(-c4ccc(N5CCN(C)CC5)c(NC(=O)c5c[nH]c(=O)cc5C(F)(F)F)c4)c3)CC2)C(C)(C)C)cc1. The molecule has 5 aromatic rings. The zero-order valence-corrected chi connectivity index (χ0v) is 51.6. The van der Waals surface area contributed by atoms with Gasteiger partial charge in [-0.1, -0.05) is 108 Å². The van der Waals surface area contributed by atoms with Crippen LogP contribution in [-0.4, -0.2) is 150 Å². The average Bonchev–Trinajstić information content (AvgIpc) is 3.83. The molecule has 0 unspecified atom stereocenters. The van der Waals surface area contributed by atoms with Gasteiger partial charge in [0.1, 0.15) is 12.1 Å². The lowest BCUT2D eigenvalue weighted by Crippen LogP contribution is -2.57. The van der Waals surface area contributed by atoms with Gasteiger partial charge < -0.3 is 41.0 Å². The molecule has 5 heterocycles. The van der Waals surface area contributed by atoms with Crippen LogP contribution in [0.3, 0.4) is 0 Å². The van der Waals surface area contributed by atoms with Gasteiger partial charge in [-0.15, -0.1) is 11.3 Å². The molecule has 0 saturated carbocycles. The van der Waals surface area contributed by atoms with Crippen LogP contribution in [0.5, 0.6) is 0 Å². The number of aryl methyl sites for hydroxylation is 1. The maximum absolute atomic E-state index is 14.2. The lowest BCUT2D eigenvalue weighted by atomic mass is 9.85. The Morgan fingerprint density at radius 1 is 0.756 bits per heavy atom. The lowest BCUT2D eigenvalue weighted by molar-refractivity contribution is -0.144. The Morgan fingerprint density at radius 2 is 1.41 bits per heavy atom. The number of nitrogens with one attached hydrogen (secondary N) is 5. The molecule has 3 aromatic carbocycles. The monoisotopic (exact) mass is 1210 g/mol. The Morgan fingerprint density at radius 3 is 2.07 bits per heavy atom. The Hall–Kier alpha value is -6.94. The molecule has 86 heavy (non-hydrogen) atoms. The van der Waals surface area contributed by atoms with Gasteiger partial charge in [-0.2, -0.15) is 13.2 Å². The van der Waals surface area contributed by atoms with Crippen LogP contribution in [0.25, 0.3) is 21.6 Å². The van der Waals surface area contributed by atoms with Crippen LogP contribution in [0.4, 0.5) is 24.5 Å². The predicted molar refractivity (Wildman–Crippen MR) is 333 cm³/mol. The Kier molecular flexibility index (Phi) is 22.8. The summed E-state index contributed by atoms with van der Waals surface area (Å²) in [4.78, 5) is 97.6. The van der Waals surface area contributed by atoms with Crippen LogP contribution < -0.4 is 31.7 Å². The molecule has 5 N–H and O–H groups in total. The minimum absolute atomic E-state index is 0.0627. The second kappa shape index (κ2) is 30.1. The van der Waals surface area contributed by atoms with E-state index in [2.05, 4.69) is 63.0 Å². The number of unbranched alkanes of at least 4 members (excludes halogenated alkanes) is 6. The number of rotatable bonds is 25. The van der Waals surface area contributed by atoms with Gasteiger partial charge >= 0.3 is 6.18 Å². The van der Waals surface area contributed by atoms with E-state index >= 15 is 0 Å². The van der Waals surface area contributed by atoms with E-state index in [1.54, 1.807) is 22.3 Å². The molecule has 3 saturated heterocycles. The number of halogens is 3. The Bertz CT molecular complexity index is 3160. The molecule has 464 valence electrons. The van der Waals surface area contributed by atoms with E-state index < -0.39 is 46.3 Å². The van der Waals surface area contributed by atoms with Gasteiger partial charge in [-0.05, 0) is 90.6 Å². The third-order valence-electron chi connectivity index (χ3n) is 16.7. The number of piperazine rings is 2. The number of carbonyl (C=O) groups is 5. The summed E-state index contributed by atoms with van der Waals surface area (Å²) in [5, 5.41) is 12.0. The van der Waals surface area contributed by atoms with E-state index in [4.69, 9.17) is 0 Å². The Balaban J connectivity index is 0.691. The van der Waals surface area contributed by atoms with Gasteiger partial charge in [0.25, 0.3) is 5.91 Å². The highest BCUT2D eigenvalue weighted by molar-refractivity contribution is 7.13. The third-order valence-corrected chi connectivity index (χ3v) is 17.7. The fraction of sp³-hybridized carbons (Fsp3) is 0.523. The molecule has 0 bridgehead atoms. The quantitative estimate of drug-likeness (QED) is 0.0350. The van der Waals surface area contributed by atoms with Crippen LogP contribution in [-0.2, 0) is 38.4 Å². The summed E-state index contributed by atoms with van der Waals surface area (Å²) < 4.78 is 41.9. The molecule has 5 amide bonds. The minimum Gasteiger partial charge on any atom is -0.367 e. The summed E-state index contributed by atoms with van der Waals surface area (Å²) in [5.74, 6) is -1.34. The number of aromatic nitrogens is 2. The molecule has 17 nitrogen and oxygen atoms in total. The number of pyridine rings is 1. The minimum atomic E-state index is -4.90. The molecule has 2 aromatic heterocycles. The third kappa shape index (κ3) is 18.3. The summed E-state index contributed by atoms with van der Waals surface area (Å²) >= 11 is 1.60. The van der Waals surface area contributed by atoms with E-state index in [1.165, 1.54) is 0 Å². The van der Waals surface area contributed by atoms with Gasteiger partial charge in [0.05, 0.1) is 38.6 Å². The molecule has 3 aliphatic heterocycles. The zero-order chi connectivity index (χ0) is 61.5. The highest BCUT2D eigenvalue weighted by Crippen LogP contribution is 2.36. The Labute approximate surface area is 507 Å². The normalized spacial score (nSPS) is 17.5. The fourth-order valence-corrected chi connectivity index (χ4v) is 12.5. The first-order chi connectivity index (χ1) is 41.1. The van der Waals surface area contributed by atoms with Gasteiger partial charge in [0.2, 0.25) is 29.2 Å². The first-order valence-electron chi connectivity index (χ1n) is 30.5. The van der Waals surface area contributed by atoms with Crippen molar-refractivity contribution in [2.24, 2.45) is 11.3 Å². The summed E-state index contributed by atoms with van der Waals surface area (Å²) in [6.07, 6.45) is 3.69. The van der Waals surface area contributed by atoms with E-state index in [-0.39, 0.29) is 29.5 Å². The number of carbonyl (C=O) groups excluding carboxylic acids is 5. The van der Waals surface area contributed by atoms with Crippen molar-refractivity contribution in [2.45, 2.75) is 130 Å². The van der Waals surface area contributed by atoms with Gasteiger partial charge in [0, 0.05) is 110 Å². The highest BCUT2D eigenvalue weighted by atomic mass is 32.1. The number of aromatic amines is 1. The van der Waals surface area contributed by atoms with Crippen molar-refractivity contribution >= 4 is 52.2 Å². The fourth-order valence-electron chi connectivity index (χ4n) is 11.6. The predicted octanol–water partition coefficient (Wildman–Crippen LogP) is 9.33. The lowest BCUT2D eigenvalue weighted by Gasteiger charge is -2.35. The second-order valence-electron chi connectivity index (χ2n) is 24.6. The number of thiazole rings is 1. The van der Waals surface area contributed by atoms with Crippen molar-refractivity contribution in [1.82, 2.24) is 45.5 Å². The van der Waals surface area contributed by atoms with Crippen molar-refractivity contribution in [3.05, 3.63) is 123 Å². The maximum atomic E-state index is 14.2. The number of alkyl halides is 3. The number of likely N-dealkylation sites (tertiary alicyclic amines) is 1. The number of nitrogens with zero attached hydrogens (tertiary/aromatic N) is 6. The van der Waals surface area contributed by atoms with Crippen molar-refractivity contribution in [2.75, 3.05) is 89.3 Å². The molecule has 3 atom stereocenters. The molecule has 0 spiro atoms. The molecule has 8 rings (SSSR count).